The van der Waals surface area contributed by atoms with Crippen LogP contribution in [0.5, 0.6) is 0 Å². The number of hydrogen-bond donors (Lipinski definition) is 1. The van der Waals surface area contributed by atoms with E-state index in [0.29, 0.717) is 0 Å². The van der Waals surface area contributed by atoms with Gasteiger partial charge in [0.2, 0.25) is 0 Å². The molecule has 0 saturated carbocycles. The van der Waals surface area contributed by atoms with Crippen LogP contribution in [0.1, 0.15) is 38.5 Å². The van der Waals surface area contributed by atoms with E-state index in [2.05, 4.69) is 55.5 Å². The molecule has 0 aliphatic rings. The summed E-state index contributed by atoms with van der Waals surface area (Å²) in [7, 11) is 2.21. The van der Waals surface area contributed by atoms with Gasteiger partial charge in [0.25, 0.3) is 0 Å². The van der Waals surface area contributed by atoms with Crippen molar-refractivity contribution < 1.29 is 0 Å². The molecular weight excluding hydrogens is 228 g/mol. The molecule has 0 aliphatic carbocycles. The minimum absolute atomic E-state index is 0.253. The average molecular weight is 254 g/mol. The molecule has 0 aliphatic heterocycles. The Hall–Kier alpha value is -0.380. The number of unbranched alkanes of at least 4 members (excludes halogenated alkanes) is 1. The molecule has 0 fully saturated rings. The highest BCUT2D eigenvalue weighted by Crippen LogP contribution is 2.11. The van der Waals surface area contributed by atoms with E-state index in [-0.39, 0.29) is 5.54 Å². The minimum Gasteiger partial charge on any atom is -0.312 e. The molecular formula is C14H26N2S. The highest BCUT2D eigenvalue weighted by Gasteiger charge is 2.07. The molecule has 0 unspecified atom stereocenters. The molecule has 0 amide bonds. The molecule has 1 N–H and O–H groups in total. The molecule has 0 saturated heterocycles. The van der Waals surface area contributed by atoms with Gasteiger partial charge in [-0.15, -0.1) is 11.3 Å². The monoisotopic (exact) mass is 254 g/mol. The first-order chi connectivity index (χ1) is 7.97. The van der Waals surface area contributed by atoms with Crippen molar-refractivity contribution in [2.24, 2.45) is 0 Å². The largest absolute Gasteiger partial charge is 0.312 e. The zero-order valence-electron chi connectivity index (χ0n) is 11.6. The van der Waals surface area contributed by atoms with Gasteiger partial charge in [0.1, 0.15) is 0 Å². The van der Waals surface area contributed by atoms with E-state index in [1.165, 1.54) is 24.3 Å². The fourth-order valence-electron chi connectivity index (χ4n) is 1.72. The molecule has 0 spiro atoms. The van der Waals surface area contributed by atoms with Crippen LogP contribution in [0.3, 0.4) is 0 Å². The maximum absolute atomic E-state index is 3.52. The van der Waals surface area contributed by atoms with Crippen molar-refractivity contribution in [2.45, 2.75) is 45.7 Å². The fraction of sp³-hybridized carbons (Fsp3) is 0.714. The van der Waals surface area contributed by atoms with Gasteiger partial charge in [-0.1, -0.05) is 6.07 Å². The van der Waals surface area contributed by atoms with Crippen LogP contribution in [0.25, 0.3) is 0 Å². The van der Waals surface area contributed by atoms with Crippen LogP contribution in [0.4, 0.5) is 0 Å². The molecule has 17 heavy (non-hydrogen) atoms. The first-order valence-electron chi connectivity index (χ1n) is 6.43. The predicted octanol–water partition coefficient (Wildman–Crippen LogP) is 3.35. The Kier molecular flexibility index (Phi) is 6.17. The third-order valence-electron chi connectivity index (χ3n) is 2.63. The van der Waals surface area contributed by atoms with Gasteiger partial charge >= 0.3 is 0 Å². The zero-order chi connectivity index (χ0) is 12.7. The molecule has 1 aromatic heterocycles. The first-order valence-corrected chi connectivity index (χ1v) is 7.31. The molecule has 0 bridgehead atoms. The van der Waals surface area contributed by atoms with E-state index in [1.807, 2.05) is 11.3 Å². The molecule has 1 aromatic rings. The first kappa shape index (κ1) is 14.7. The molecule has 0 aromatic carbocycles. The SMILES string of the molecule is CN(CCCCNC(C)(C)C)Cc1cccs1. The summed E-state index contributed by atoms with van der Waals surface area (Å²) in [6.45, 7) is 10.0. The van der Waals surface area contributed by atoms with Crippen LogP contribution in [0.15, 0.2) is 17.5 Å². The summed E-state index contributed by atoms with van der Waals surface area (Å²) in [4.78, 5) is 3.86. The van der Waals surface area contributed by atoms with Crippen LogP contribution in [-0.4, -0.2) is 30.6 Å². The standard InChI is InChI=1S/C14H26N2S/c1-14(2,3)15-9-5-6-10-16(4)12-13-8-7-11-17-13/h7-8,11,15H,5-6,9-10,12H2,1-4H3. The Labute approximate surface area is 110 Å². The van der Waals surface area contributed by atoms with Crippen molar-refractivity contribution >= 4 is 11.3 Å². The van der Waals surface area contributed by atoms with Gasteiger partial charge in [-0.25, -0.2) is 0 Å². The van der Waals surface area contributed by atoms with Gasteiger partial charge in [0, 0.05) is 17.0 Å². The molecule has 0 radical (unpaired) electrons. The molecule has 2 nitrogen and oxygen atoms in total. The maximum atomic E-state index is 3.52. The molecule has 0 atom stereocenters. The number of nitrogens with zero attached hydrogens (tertiary/aromatic N) is 1. The maximum Gasteiger partial charge on any atom is 0.0324 e. The lowest BCUT2D eigenvalue weighted by atomic mass is 10.1. The molecule has 1 heterocycles. The Morgan fingerprint density at radius 2 is 2.06 bits per heavy atom. The average Bonchev–Trinajstić information content (AvgIpc) is 2.68. The van der Waals surface area contributed by atoms with Gasteiger partial charge in [0.15, 0.2) is 0 Å². The van der Waals surface area contributed by atoms with Gasteiger partial charge in [-0.2, -0.15) is 0 Å². The highest BCUT2D eigenvalue weighted by molar-refractivity contribution is 7.09. The van der Waals surface area contributed by atoms with Crippen LogP contribution < -0.4 is 5.32 Å². The van der Waals surface area contributed by atoms with Crippen molar-refractivity contribution in [2.75, 3.05) is 20.1 Å². The second-order valence-corrected chi connectivity index (χ2v) is 6.73. The van der Waals surface area contributed by atoms with Gasteiger partial charge in [0.05, 0.1) is 0 Å². The third kappa shape index (κ3) is 7.53. The van der Waals surface area contributed by atoms with Crippen LogP contribution in [0.2, 0.25) is 0 Å². The third-order valence-corrected chi connectivity index (χ3v) is 3.49. The lowest BCUT2D eigenvalue weighted by Crippen LogP contribution is -2.36. The van der Waals surface area contributed by atoms with E-state index >= 15 is 0 Å². The lowest BCUT2D eigenvalue weighted by Gasteiger charge is -2.21. The number of thiophene rings is 1. The van der Waals surface area contributed by atoms with Crippen molar-refractivity contribution in [3.8, 4) is 0 Å². The molecule has 98 valence electrons. The van der Waals surface area contributed by atoms with E-state index in [0.717, 1.165) is 13.1 Å². The predicted molar refractivity (Wildman–Crippen MR) is 77.6 cm³/mol. The van der Waals surface area contributed by atoms with Gasteiger partial charge in [-0.05, 0) is 65.2 Å². The van der Waals surface area contributed by atoms with Crippen molar-refractivity contribution in [3.05, 3.63) is 22.4 Å². The smallest absolute Gasteiger partial charge is 0.0324 e. The highest BCUT2D eigenvalue weighted by atomic mass is 32.1. The van der Waals surface area contributed by atoms with E-state index in [4.69, 9.17) is 0 Å². The summed E-state index contributed by atoms with van der Waals surface area (Å²) >= 11 is 1.84. The second-order valence-electron chi connectivity index (χ2n) is 5.70. The number of nitrogens with one attached hydrogen (secondary N) is 1. The van der Waals surface area contributed by atoms with Gasteiger partial charge in [-0.3, -0.25) is 0 Å². The zero-order valence-corrected chi connectivity index (χ0v) is 12.4. The van der Waals surface area contributed by atoms with Crippen molar-refractivity contribution in [1.82, 2.24) is 10.2 Å². The Bertz CT molecular complexity index is 288. The van der Waals surface area contributed by atoms with Crippen LogP contribution in [0, 0.1) is 0 Å². The normalized spacial score (nSPS) is 12.3. The Morgan fingerprint density at radius 1 is 1.29 bits per heavy atom. The summed E-state index contributed by atoms with van der Waals surface area (Å²) in [5.74, 6) is 0. The molecule has 3 heteroatoms. The van der Waals surface area contributed by atoms with E-state index in [9.17, 15) is 0 Å². The Morgan fingerprint density at radius 3 is 2.65 bits per heavy atom. The Balaban J connectivity index is 2.03. The second kappa shape index (κ2) is 7.14. The number of hydrogen-bond acceptors (Lipinski definition) is 3. The fourth-order valence-corrected chi connectivity index (χ4v) is 2.50. The van der Waals surface area contributed by atoms with Crippen LogP contribution in [-0.2, 0) is 6.54 Å². The van der Waals surface area contributed by atoms with E-state index < -0.39 is 0 Å². The number of rotatable bonds is 7. The summed E-state index contributed by atoms with van der Waals surface area (Å²) in [5.41, 5.74) is 0.253. The summed E-state index contributed by atoms with van der Waals surface area (Å²) in [6, 6.07) is 4.34. The summed E-state index contributed by atoms with van der Waals surface area (Å²) < 4.78 is 0. The van der Waals surface area contributed by atoms with Crippen LogP contribution >= 0.6 is 11.3 Å². The summed E-state index contributed by atoms with van der Waals surface area (Å²) in [6.07, 6.45) is 2.52. The van der Waals surface area contributed by atoms with E-state index in [1.54, 1.807) is 0 Å². The van der Waals surface area contributed by atoms with Crippen molar-refractivity contribution in [1.29, 1.82) is 0 Å². The minimum atomic E-state index is 0.253. The quantitative estimate of drug-likeness (QED) is 0.751. The topological polar surface area (TPSA) is 15.3 Å². The van der Waals surface area contributed by atoms with Crippen molar-refractivity contribution in [3.63, 3.8) is 0 Å². The lowest BCUT2D eigenvalue weighted by molar-refractivity contribution is 0.316. The molecule has 1 rings (SSSR count). The summed E-state index contributed by atoms with van der Waals surface area (Å²) in [5, 5.41) is 5.67. The van der Waals surface area contributed by atoms with Gasteiger partial charge < -0.3 is 10.2 Å².